The summed E-state index contributed by atoms with van der Waals surface area (Å²) < 4.78 is 5.73. The molecule has 3 rings (SSSR count). The molecule has 0 bridgehead atoms. The van der Waals surface area contributed by atoms with Crippen molar-refractivity contribution < 1.29 is 4.42 Å². The molecule has 0 aliphatic heterocycles. The fraction of sp³-hybridized carbons (Fsp3) is 0.375. The van der Waals surface area contributed by atoms with Crippen molar-refractivity contribution in [3.8, 4) is 0 Å². The van der Waals surface area contributed by atoms with Gasteiger partial charge in [-0.2, -0.15) is 0 Å². The number of hydrogen-bond acceptors (Lipinski definition) is 5. The zero-order valence-corrected chi connectivity index (χ0v) is 13.5. The first-order chi connectivity index (χ1) is 10.0. The molecule has 5 heteroatoms. The molecule has 2 heterocycles. The highest BCUT2D eigenvalue weighted by Gasteiger charge is 2.13. The van der Waals surface area contributed by atoms with Gasteiger partial charge in [0.1, 0.15) is 5.52 Å². The van der Waals surface area contributed by atoms with Crippen LogP contribution in [0.4, 0.5) is 5.69 Å². The molecule has 3 aromatic rings. The molecule has 0 saturated heterocycles. The maximum absolute atomic E-state index is 5.73. The lowest BCUT2D eigenvalue weighted by molar-refractivity contribution is 0.501. The smallest absolute Gasteiger partial charge is 0.198 e. The third-order valence-corrected chi connectivity index (χ3v) is 4.57. The highest BCUT2D eigenvalue weighted by atomic mass is 32.1. The molecular formula is C16H19N3OS. The Balaban J connectivity index is 1.86. The van der Waals surface area contributed by atoms with Crippen LogP contribution in [0.5, 0.6) is 0 Å². The average molecular weight is 301 g/mol. The van der Waals surface area contributed by atoms with Crippen molar-refractivity contribution in [2.75, 3.05) is 5.32 Å². The van der Waals surface area contributed by atoms with Crippen molar-refractivity contribution in [2.45, 2.75) is 39.7 Å². The Bertz CT molecular complexity index is 760. The van der Waals surface area contributed by atoms with E-state index in [4.69, 9.17) is 4.42 Å². The second-order valence-electron chi connectivity index (χ2n) is 5.56. The molecule has 21 heavy (non-hydrogen) atoms. The number of anilines is 1. The first-order valence-corrected chi connectivity index (χ1v) is 7.99. The molecule has 0 fully saturated rings. The minimum absolute atomic E-state index is 0.228. The SMILES string of the molecule is Cc1ncsc1C(C)Nc1ccc2oc(C(C)C)nc2c1. The second kappa shape index (κ2) is 5.48. The van der Waals surface area contributed by atoms with Gasteiger partial charge >= 0.3 is 0 Å². The van der Waals surface area contributed by atoms with Crippen LogP contribution in [0.15, 0.2) is 28.1 Å². The number of benzene rings is 1. The van der Waals surface area contributed by atoms with Gasteiger partial charge in [-0.25, -0.2) is 9.97 Å². The molecule has 1 aromatic carbocycles. The van der Waals surface area contributed by atoms with Crippen LogP contribution in [0.2, 0.25) is 0 Å². The molecule has 2 aromatic heterocycles. The van der Waals surface area contributed by atoms with Gasteiger partial charge in [0.2, 0.25) is 0 Å². The first kappa shape index (κ1) is 14.1. The van der Waals surface area contributed by atoms with E-state index in [9.17, 15) is 0 Å². The first-order valence-electron chi connectivity index (χ1n) is 7.11. The van der Waals surface area contributed by atoms with Crippen LogP contribution < -0.4 is 5.32 Å². The van der Waals surface area contributed by atoms with Gasteiger partial charge in [-0.05, 0) is 32.0 Å². The molecule has 0 radical (unpaired) electrons. The predicted octanol–water partition coefficient (Wildman–Crippen LogP) is 4.89. The van der Waals surface area contributed by atoms with Crippen molar-refractivity contribution in [2.24, 2.45) is 0 Å². The zero-order valence-electron chi connectivity index (χ0n) is 12.7. The Morgan fingerprint density at radius 2 is 2.05 bits per heavy atom. The minimum atomic E-state index is 0.228. The Kier molecular flexibility index (Phi) is 3.68. The maximum atomic E-state index is 5.73. The number of fused-ring (bicyclic) bond motifs is 1. The number of aryl methyl sites for hydroxylation is 1. The van der Waals surface area contributed by atoms with Gasteiger partial charge in [0.15, 0.2) is 11.5 Å². The average Bonchev–Trinajstić information content (AvgIpc) is 3.04. The number of nitrogens with zero attached hydrogens (tertiary/aromatic N) is 2. The van der Waals surface area contributed by atoms with Crippen LogP contribution in [0, 0.1) is 6.92 Å². The van der Waals surface area contributed by atoms with E-state index in [1.807, 2.05) is 30.6 Å². The van der Waals surface area contributed by atoms with E-state index < -0.39 is 0 Å². The molecule has 0 saturated carbocycles. The fourth-order valence-electron chi connectivity index (χ4n) is 2.32. The molecule has 0 aliphatic carbocycles. The van der Waals surface area contributed by atoms with Gasteiger partial charge in [0, 0.05) is 16.5 Å². The molecule has 0 aliphatic rings. The summed E-state index contributed by atoms with van der Waals surface area (Å²) in [6.45, 7) is 8.35. The van der Waals surface area contributed by atoms with Crippen LogP contribution in [-0.4, -0.2) is 9.97 Å². The van der Waals surface area contributed by atoms with Gasteiger partial charge in [-0.3, -0.25) is 0 Å². The predicted molar refractivity (Wildman–Crippen MR) is 87.0 cm³/mol. The number of thiazole rings is 1. The van der Waals surface area contributed by atoms with Crippen LogP contribution in [0.1, 0.15) is 49.2 Å². The van der Waals surface area contributed by atoms with E-state index in [1.54, 1.807) is 11.3 Å². The summed E-state index contributed by atoms with van der Waals surface area (Å²) in [5, 5.41) is 3.50. The Hall–Kier alpha value is -1.88. The minimum Gasteiger partial charge on any atom is -0.440 e. The summed E-state index contributed by atoms with van der Waals surface area (Å²) in [5.74, 6) is 1.08. The summed E-state index contributed by atoms with van der Waals surface area (Å²) in [7, 11) is 0. The largest absolute Gasteiger partial charge is 0.440 e. The van der Waals surface area contributed by atoms with E-state index >= 15 is 0 Å². The van der Waals surface area contributed by atoms with E-state index in [2.05, 4.69) is 36.1 Å². The number of aromatic nitrogens is 2. The number of nitrogens with one attached hydrogen (secondary N) is 1. The summed E-state index contributed by atoms with van der Waals surface area (Å²) >= 11 is 1.68. The van der Waals surface area contributed by atoms with Gasteiger partial charge in [0.05, 0.1) is 17.2 Å². The molecule has 0 spiro atoms. The summed E-state index contributed by atoms with van der Waals surface area (Å²) in [5.41, 5.74) is 5.76. The molecular weight excluding hydrogens is 282 g/mol. The lowest BCUT2D eigenvalue weighted by atomic mass is 10.2. The second-order valence-corrected chi connectivity index (χ2v) is 6.44. The molecule has 1 N–H and O–H groups in total. The third-order valence-electron chi connectivity index (χ3n) is 3.46. The quantitative estimate of drug-likeness (QED) is 0.745. The van der Waals surface area contributed by atoms with Gasteiger partial charge < -0.3 is 9.73 Å². The summed E-state index contributed by atoms with van der Waals surface area (Å²) in [4.78, 5) is 10.1. The molecule has 4 nitrogen and oxygen atoms in total. The highest BCUT2D eigenvalue weighted by Crippen LogP contribution is 2.28. The van der Waals surface area contributed by atoms with Crippen molar-refractivity contribution in [1.29, 1.82) is 0 Å². The van der Waals surface area contributed by atoms with Crippen molar-refractivity contribution in [3.63, 3.8) is 0 Å². The Labute approximate surface area is 128 Å². The maximum Gasteiger partial charge on any atom is 0.198 e. The van der Waals surface area contributed by atoms with Gasteiger partial charge in [-0.1, -0.05) is 13.8 Å². The molecule has 0 amide bonds. The monoisotopic (exact) mass is 301 g/mol. The third kappa shape index (κ3) is 2.78. The number of oxazole rings is 1. The van der Waals surface area contributed by atoms with Crippen molar-refractivity contribution in [1.82, 2.24) is 9.97 Å². The Morgan fingerprint density at radius 1 is 1.24 bits per heavy atom. The summed E-state index contributed by atoms with van der Waals surface area (Å²) in [6, 6.07) is 6.27. The highest BCUT2D eigenvalue weighted by molar-refractivity contribution is 7.09. The summed E-state index contributed by atoms with van der Waals surface area (Å²) in [6.07, 6.45) is 0. The molecule has 1 atom stereocenters. The standard InChI is InChI=1S/C16H19N3OS/c1-9(2)16-19-13-7-12(5-6-14(13)20-16)18-11(4)15-10(3)17-8-21-15/h5-9,11,18H,1-4H3. The van der Waals surface area contributed by atoms with Crippen LogP contribution >= 0.6 is 11.3 Å². The van der Waals surface area contributed by atoms with Crippen molar-refractivity contribution in [3.05, 3.63) is 40.2 Å². The zero-order chi connectivity index (χ0) is 15.0. The lowest BCUT2D eigenvalue weighted by Gasteiger charge is -2.14. The number of rotatable bonds is 4. The normalized spacial score (nSPS) is 13.0. The van der Waals surface area contributed by atoms with Crippen molar-refractivity contribution >= 4 is 28.1 Å². The fourth-order valence-corrected chi connectivity index (χ4v) is 3.13. The van der Waals surface area contributed by atoms with E-state index in [1.165, 1.54) is 4.88 Å². The topological polar surface area (TPSA) is 51.0 Å². The van der Waals surface area contributed by atoms with Crippen LogP contribution in [0.3, 0.4) is 0 Å². The van der Waals surface area contributed by atoms with Gasteiger partial charge in [-0.15, -0.1) is 11.3 Å². The molecule has 110 valence electrons. The van der Waals surface area contributed by atoms with E-state index in [-0.39, 0.29) is 6.04 Å². The Morgan fingerprint density at radius 3 is 2.71 bits per heavy atom. The van der Waals surface area contributed by atoms with Crippen LogP contribution in [0.25, 0.3) is 11.1 Å². The lowest BCUT2D eigenvalue weighted by Crippen LogP contribution is -2.06. The number of hydrogen-bond donors (Lipinski definition) is 1. The van der Waals surface area contributed by atoms with Gasteiger partial charge in [0.25, 0.3) is 0 Å². The van der Waals surface area contributed by atoms with E-state index in [0.717, 1.165) is 28.4 Å². The van der Waals surface area contributed by atoms with Crippen LogP contribution in [-0.2, 0) is 0 Å². The molecule has 1 unspecified atom stereocenters. The van der Waals surface area contributed by atoms with E-state index in [0.29, 0.717) is 5.92 Å².